The summed E-state index contributed by atoms with van der Waals surface area (Å²) in [4.78, 5) is 0. The third-order valence-electron chi connectivity index (χ3n) is 2.69. The Labute approximate surface area is 118 Å². The Morgan fingerprint density at radius 1 is 1.11 bits per heavy atom. The summed E-state index contributed by atoms with van der Waals surface area (Å²) < 4.78 is 27.3. The SMILES string of the molecule is NCC(Nc1cccc(Br)c1)c1cc(F)cc(F)c1. The molecule has 1 unspecified atom stereocenters. The Hall–Kier alpha value is -1.46. The van der Waals surface area contributed by atoms with Crippen molar-refractivity contribution in [2.75, 3.05) is 11.9 Å². The second kappa shape index (κ2) is 6.12. The fourth-order valence-electron chi connectivity index (χ4n) is 1.83. The van der Waals surface area contributed by atoms with Gasteiger partial charge in [0.2, 0.25) is 0 Å². The standard InChI is InChI=1S/C14H13BrF2N2/c15-10-2-1-3-13(6-10)19-14(8-18)9-4-11(16)7-12(17)5-9/h1-7,14,19H,8,18H2. The van der Waals surface area contributed by atoms with Gasteiger partial charge in [-0.1, -0.05) is 22.0 Å². The summed E-state index contributed by atoms with van der Waals surface area (Å²) in [6.07, 6.45) is 0. The highest BCUT2D eigenvalue weighted by molar-refractivity contribution is 9.10. The molecule has 2 aromatic carbocycles. The van der Waals surface area contributed by atoms with Gasteiger partial charge in [-0.3, -0.25) is 0 Å². The molecule has 1 atom stereocenters. The molecule has 0 aliphatic rings. The molecule has 0 radical (unpaired) electrons. The fourth-order valence-corrected chi connectivity index (χ4v) is 2.23. The minimum atomic E-state index is -0.607. The molecule has 0 bridgehead atoms. The van der Waals surface area contributed by atoms with Crippen LogP contribution in [0.15, 0.2) is 46.9 Å². The van der Waals surface area contributed by atoms with Crippen molar-refractivity contribution in [1.82, 2.24) is 0 Å². The van der Waals surface area contributed by atoms with Gasteiger partial charge in [0, 0.05) is 22.8 Å². The maximum Gasteiger partial charge on any atom is 0.126 e. The first kappa shape index (κ1) is 14.0. The lowest BCUT2D eigenvalue weighted by molar-refractivity contribution is 0.576. The molecule has 100 valence electrons. The average Bonchev–Trinajstić information content (AvgIpc) is 2.34. The van der Waals surface area contributed by atoms with Crippen molar-refractivity contribution >= 4 is 21.6 Å². The summed E-state index contributed by atoms with van der Waals surface area (Å²) in [5.41, 5.74) is 6.99. The van der Waals surface area contributed by atoms with Crippen molar-refractivity contribution < 1.29 is 8.78 Å². The van der Waals surface area contributed by atoms with Gasteiger partial charge >= 0.3 is 0 Å². The normalized spacial score (nSPS) is 12.2. The van der Waals surface area contributed by atoms with Crippen LogP contribution in [0.1, 0.15) is 11.6 Å². The highest BCUT2D eigenvalue weighted by Gasteiger charge is 2.12. The number of halogens is 3. The van der Waals surface area contributed by atoms with Gasteiger partial charge in [-0.05, 0) is 35.9 Å². The average molecular weight is 327 g/mol. The Morgan fingerprint density at radius 2 is 1.79 bits per heavy atom. The van der Waals surface area contributed by atoms with Crippen LogP contribution in [0.3, 0.4) is 0 Å². The number of anilines is 1. The van der Waals surface area contributed by atoms with E-state index < -0.39 is 11.6 Å². The van der Waals surface area contributed by atoms with Crippen LogP contribution in [-0.2, 0) is 0 Å². The quantitative estimate of drug-likeness (QED) is 0.895. The predicted octanol–water partition coefficient (Wildman–Crippen LogP) is 3.84. The molecule has 19 heavy (non-hydrogen) atoms. The molecule has 2 aromatic rings. The smallest absolute Gasteiger partial charge is 0.126 e. The molecule has 3 N–H and O–H groups in total. The number of nitrogens with two attached hydrogens (primary N) is 1. The second-order valence-electron chi connectivity index (χ2n) is 4.15. The molecule has 0 aliphatic carbocycles. The highest BCUT2D eigenvalue weighted by atomic mass is 79.9. The molecule has 5 heteroatoms. The second-order valence-corrected chi connectivity index (χ2v) is 5.06. The number of hydrogen-bond donors (Lipinski definition) is 2. The molecule has 2 nitrogen and oxygen atoms in total. The minimum absolute atomic E-state index is 0.232. The monoisotopic (exact) mass is 326 g/mol. The van der Waals surface area contributed by atoms with E-state index in [0.717, 1.165) is 16.2 Å². The van der Waals surface area contributed by atoms with Crippen LogP contribution in [0, 0.1) is 11.6 Å². The molecular formula is C14H13BrF2N2. The molecule has 0 fully saturated rings. The number of benzene rings is 2. The van der Waals surface area contributed by atoms with E-state index in [1.54, 1.807) is 0 Å². The first-order chi connectivity index (χ1) is 9.08. The Kier molecular flexibility index (Phi) is 4.50. The predicted molar refractivity (Wildman–Crippen MR) is 75.9 cm³/mol. The molecule has 0 saturated carbocycles. The molecule has 0 aromatic heterocycles. The third kappa shape index (κ3) is 3.75. The number of nitrogens with one attached hydrogen (secondary N) is 1. The minimum Gasteiger partial charge on any atom is -0.377 e. The largest absolute Gasteiger partial charge is 0.377 e. The molecule has 0 amide bonds. The van der Waals surface area contributed by atoms with Crippen LogP contribution in [-0.4, -0.2) is 6.54 Å². The summed E-state index contributed by atoms with van der Waals surface area (Å²) in [5, 5.41) is 3.15. The fraction of sp³-hybridized carbons (Fsp3) is 0.143. The molecule has 0 spiro atoms. The zero-order valence-electron chi connectivity index (χ0n) is 10.0. The maximum absolute atomic E-state index is 13.2. The summed E-state index contributed by atoms with van der Waals surface area (Å²) in [6.45, 7) is 0.232. The molecular weight excluding hydrogens is 314 g/mol. The maximum atomic E-state index is 13.2. The van der Waals surface area contributed by atoms with Gasteiger partial charge in [0.05, 0.1) is 6.04 Å². The van der Waals surface area contributed by atoms with Crippen molar-refractivity contribution in [3.05, 3.63) is 64.1 Å². The van der Waals surface area contributed by atoms with Crippen molar-refractivity contribution in [2.45, 2.75) is 6.04 Å². The van der Waals surface area contributed by atoms with Gasteiger partial charge < -0.3 is 11.1 Å². The van der Waals surface area contributed by atoms with E-state index in [4.69, 9.17) is 5.73 Å². The first-order valence-corrected chi connectivity index (χ1v) is 6.56. The Bertz CT molecular complexity index is 555. The van der Waals surface area contributed by atoms with E-state index in [1.165, 1.54) is 12.1 Å². The van der Waals surface area contributed by atoms with Crippen molar-refractivity contribution in [1.29, 1.82) is 0 Å². The number of rotatable bonds is 4. The Balaban J connectivity index is 2.24. The molecule has 0 aliphatic heterocycles. The molecule has 2 rings (SSSR count). The van der Waals surface area contributed by atoms with Gasteiger partial charge in [-0.25, -0.2) is 8.78 Å². The van der Waals surface area contributed by atoms with Crippen LogP contribution in [0.25, 0.3) is 0 Å². The van der Waals surface area contributed by atoms with Crippen LogP contribution in [0.2, 0.25) is 0 Å². The van der Waals surface area contributed by atoms with Gasteiger partial charge in [0.15, 0.2) is 0 Å². The lowest BCUT2D eigenvalue weighted by Gasteiger charge is -2.19. The Morgan fingerprint density at radius 3 is 2.37 bits per heavy atom. The van der Waals surface area contributed by atoms with E-state index in [0.29, 0.717) is 5.56 Å². The summed E-state index contributed by atoms with van der Waals surface area (Å²) in [6, 6.07) is 10.6. The summed E-state index contributed by atoms with van der Waals surface area (Å²) in [5.74, 6) is -1.21. The van der Waals surface area contributed by atoms with Crippen LogP contribution in [0.4, 0.5) is 14.5 Å². The van der Waals surface area contributed by atoms with E-state index in [9.17, 15) is 8.78 Å². The third-order valence-corrected chi connectivity index (χ3v) is 3.18. The van der Waals surface area contributed by atoms with Gasteiger partial charge in [0.1, 0.15) is 11.6 Å². The van der Waals surface area contributed by atoms with Gasteiger partial charge in [0.25, 0.3) is 0 Å². The number of hydrogen-bond acceptors (Lipinski definition) is 2. The molecule has 0 heterocycles. The topological polar surface area (TPSA) is 38.0 Å². The van der Waals surface area contributed by atoms with E-state index in [-0.39, 0.29) is 12.6 Å². The first-order valence-electron chi connectivity index (χ1n) is 5.76. The highest BCUT2D eigenvalue weighted by Crippen LogP contribution is 2.23. The lowest BCUT2D eigenvalue weighted by Crippen LogP contribution is -2.21. The van der Waals surface area contributed by atoms with Crippen LogP contribution < -0.4 is 11.1 Å². The van der Waals surface area contributed by atoms with Crippen LogP contribution >= 0.6 is 15.9 Å². The zero-order chi connectivity index (χ0) is 13.8. The summed E-state index contributed by atoms with van der Waals surface area (Å²) >= 11 is 3.36. The van der Waals surface area contributed by atoms with Crippen molar-refractivity contribution in [3.8, 4) is 0 Å². The van der Waals surface area contributed by atoms with Gasteiger partial charge in [-0.15, -0.1) is 0 Å². The van der Waals surface area contributed by atoms with Gasteiger partial charge in [-0.2, -0.15) is 0 Å². The van der Waals surface area contributed by atoms with Crippen molar-refractivity contribution in [2.24, 2.45) is 5.73 Å². The molecule has 0 saturated heterocycles. The zero-order valence-corrected chi connectivity index (χ0v) is 11.6. The van der Waals surface area contributed by atoms with E-state index >= 15 is 0 Å². The summed E-state index contributed by atoms with van der Waals surface area (Å²) in [7, 11) is 0. The van der Waals surface area contributed by atoms with E-state index in [2.05, 4.69) is 21.2 Å². The van der Waals surface area contributed by atoms with Crippen molar-refractivity contribution in [3.63, 3.8) is 0 Å². The lowest BCUT2D eigenvalue weighted by atomic mass is 10.1. The van der Waals surface area contributed by atoms with Crippen LogP contribution in [0.5, 0.6) is 0 Å². The van der Waals surface area contributed by atoms with E-state index in [1.807, 2.05) is 24.3 Å².